The molecule has 0 spiro atoms. The van der Waals surface area contributed by atoms with E-state index in [2.05, 4.69) is 4.98 Å². The van der Waals surface area contributed by atoms with E-state index in [4.69, 9.17) is 4.74 Å². The molecule has 1 aromatic heterocycles. The molecule has 3 heteroatoms. The number of hydrogen-bond acceptors (Lipinski definition) is 3. The first-order chi connectivity index (χ1) is 8.81. The molecular weight excluding hydrogens is 226 g/mol. The van der Waals surface area contributed by atoms with Gasteiger partial charge in [0.25, 0.3) is 0 Å². The Labute approximate surface area is 106 Å². The average Bonchev–Trinajstić information content (AvgIpc) is 3.23. The molecule has 1 aliphatic carbocycles. The highest BCUT2D eigenvalue weighted by Gasteiger charge is 2.37. The number of fused-ring (bicyclic) bond motifs is 1. The van der Waals surface area contributed by atoms with Crippen LogP contribution in [0.1, 0.15) is 23.2 Å². The predicted molar refractivity (Wildman–Crippen MR) is 69.6 cm³/mol. The summed E-state index contributed by atoms with van der Waals surface area (Å²) in [6.07, 6.45) is 5.40. The highest BCUT2D eigenvalue weighted by atomic mass is 16.5. The lowest BCUT2D eigenvalue weighted by molar-refractivity contribution is 0.0541. The number of Topliss-reactive ketones (excluding diaryl/α,β-unsaturated/α-hetero) is 1. The normalized spacial score (nSPS) is 16.7. The van der Waals surface area contributed by atoms with Crippen molar-refractivity contribution in [1.29, 1.82) is 0 Å². The first kappa shape index (κ1) is 11.4. The molecule has 0 amide bonds. The molecule has 0 aliphatic heterocycles. The van der Waals surface area contributed by atoms with Crippen LogP contribution in [0, 0.1) is 5.92 Å². The van der Waals surface area contributed by atoms with Crippen molar-refractivity contribution < 1.29 is 9.53 Å². The third-order valence-corrected chi connectivity index (χ3v) is 3.51. The van der Waals surface area contributed by atoms with Crippen LogP contribution >= 0.6 is 0 Å². The molecule has 0 bridgehead atoms. The Balaban J connectivity index is 2.05. The van der Waals surface area contributed by atoms with Gasteiger partial charge in [0.05, 0.1) is 0 Å². The maximum atomic E-state index is 12.5. The number of ether oxygens (including phenoxy) is 1. The summed E-state index contributed by atoms with van der Waals surface area (Å²) in [5, 5.41) is 1.95. The summed E-state index contributed by atoms with van der Waals surface area (Å²) in [5.41, 5.74) is 0.744. The lowest BCUT2D eigenvalue weighted by atomic mass is 9.98. The smallest absolute Gasteiger partial charge is 0.192 e. The van der Waals surface area contributed by atoms with E-state index in [-0.39, 0.29) is 11.9 Å². The standard InChI is InChI=1S/C15H15NO2/c1-18-15(10-5-6-10)14(17)13-4-2-3-11-9-16-8-7-12(11)13/h2-4,7-10,15H,5-6H2,1H3. The van der Waals surface area contributed by atoms with Crippen molar-refractivity contribution in [3.05, 3.63) is 42.2 Å². The van der Waals surface area contributed by atoms with Crippen molar-refractivity contribution in [1.82, 2.24) is 4.98 Å². The third-order valence-electron chi connectivity index (χ3n) is 3.51. The summed E-state index contributed by atoms with van der Waals surface area (Å²) < 4.78 is 5.37. The van der Waals surface area contributed by atoms with Crippen molar-refractivity contribution in [2.45, 2.75) is 18.9 Å². The Morgan fingerprint density at radius 1 is 1.39 bits per heavy atom. The Kier molecular flexibility index (Phi) is 2.84. The Morgan fingerprint density at radius 2 is 2.22 bits per heavy atom. The van der Waals surface area contributed by atoms with Crippen LogP contribution in [0.2, 0.25) is 0 Å². The number of rotatable bonds is 4. The molecule has 3 nitrogen and oxygen atoms in total. The molecule has 1 fully saturated rings. The fourth-order valence-electron chi connectivity index (χ4n) is 2.40. The molecule has 1 saturated carbocycles. The van der Waals surface area contributed by atoms with Crippen molar-refractivity contribution >= 4 is 16.6 Å². The summed E-state index contributed by atoms with van der Waals surface area (Å²) in [4.78, 5) is 16.6. The van der Waals surface area contributed by atoms with E-state index in [1.54, 1.807) is 19.5 Å². The zero-order valence-electron chi connectivity index (χ0n) is 10.3. The summed E-state index contributed by atoms with van der Waals surface area (Å²) in [6.45, 7) is 0. The van der Waals surface area contributed by atoms with Crippen LogP contribution in [-0.4, -0.2) is 24.0 Å². The number of methoxy groups -OCH3 is 1. The van der Waals surface area contributed by atoms with E-state index in [0.29, 0.717) is 5.92 Å². The van der Waals surface area contributed by atoms with Crippen LogP contribution in [0.5, 0.6) is 0 Å². The highest BCUT2D eigenvalue weighted by molar-refractivity contribution is 6.10. The quantitative estimate of drug-likeness (QED) is 0.773. The van der Waals surface area contributed by atoms with Gasteiger partial charge in [-0.25, -0.2) is 0 Å². The van der Waals surface area contributed by atoms with E-state index < -0.39 is 0 Å². The summed E-state index contributed by atoms with van der Waals surface area (Å²) >= 11 is 0. The van der Waals surface area contributed by atoms with Crippen LogP contribution in [0.4, 0.5) is 0 Å². The molecule has 0 N–H and O–H groups in total. The first-order valence-electron chi connectivity index (χ1n) is 6.21. The van der Waals surface area contributed by atoms with Gasteiger partial charge in [-0.15, -0.1) is 0 Å². The summed E-state index contributed by atoms with van der Waals surface area (Å²) in [7, 11) is 1.62. The number of carbonyl (C=O) groups excluding carboxylic acids is 1. The second-order valence-corrected chi connectivity index (χ2v) is 4.76. The molecule has 2 aromatic rings. The maximum absolute atomic E-state index is 12.5. The Hall–Kier alpha value is -1.74. The first-order valence-corrected chi connectivity index (χ1v) is 6.21. The number of benzene rings is 1. The number of carbonyl (C=O) groups is 1. The van der Waals surface area contributed by atoms with E-state index in [1.807, 2.05) is 24.3 Å². The molecule has 3 rings (SSSR count). The van der Waals surface area contributed by atoms with Crippen molar-refractivity contribution in [3.63, 3.8) is 0 Å². The van der Waals surface area contributed by atoms with Crippen molar-refractivity contribution in [3.8, 4) is 0 Å². The lowest BCUT2D eigenvalue weighted by Gasteiger charge is -2.14. The average molecular weight is 241 g/mol. The minimum atomic E-state index is -0.288. The van der Waals surface area contributed by atoms with E-state index >= 15 is 0 Å². The third kappa shape index (κ3) is 1.91. The summed E-state index contributed by atoms with van der Waals surface area (Å²) in [5.74, 6) is 0.497. The molecule has 1 unspecified atom stereocenters. The van der Waals surface area contributed by atoms with Gasteiger partial charge in [-0.05, 0) is 30.2 Å². The van der Waals surface area contributed by atoms with Crippen LogP contribution in [0.25, 0.3) is 10.8 Å². The topological polar surface area (TPSA) is 39.2 Å². The van der Waals surface area contributed by atoms with Gasteiger partial charge in [0.15, 0.2) is 5.78 Å². The van der Waals surface area contributed by atoms with Gasteiger partial charge in [-0.1, -0.05) is 18.2 Å². The van der Waals surface area contributed by atoms with Crippen LogP contribution < -0.4 is 0 Å². The van der Waals surface area contributed by atoms with Gasteiger partial charge >= 0.3 is 0 Å². The monoisotopic (exact) mass is 241 g/mol. The van der Waals surface area contributed by atoms with E-state index in [0.717, 1.165) is 29.2 Å². The van der Waals surface area contributed by atoms with Gasteiger partial charge in [0, 0.05) is 30.5 Å². The Morgan fingerprint density at radius 3 is 2.94 bits per heavy atom. The van der Waals surface area contributed by atoms with E-state index in [1.165, 1.54) is 0 Å². The number of aromatic nitrogens is 1. The highest BCUT2D eigenvalue weighted by Crippen LogP contribution is 2.36. The summed E-state index contributed by atoms with van der Waals surface area (Å²) in [6, 6.07) is 7.64. The number of hydrogen-bond donors (Lipinski definition) is 0. The largest absolute Gasteiger partial charge is 0.373 e. The van der Waals surface area contributed by atoms with Crippen LogP contribution in [-0.2, 0) is 4.74 Å². The van der Waals surface area contributed by atoms with Crippen molar-refractivity contribution in [2.24, 2.45) is 5.92 Å². The van der Waals surface area contributed by atoms with Gasteiger partial charge in [0.1, 0.15) is 6.10 Å². The molecule has 18 heavy (non-hydrogen) atoms. The molecular formula is C15H15NO2. The SMILES string of the molecule is COC(C(=O)c1cccc2cnccc12)C1CC1. The van der Waals surface area contributed by atoms with E-state index in [9.17, 15) is 4.79 Å². The molecule has 1 aromatic carbocycles. The molecule has 1 atom stereocenters. The number of pyridine rings is 1. The molecule has 92 valence electrons. The zero-order chi connectivity index (χ0) is 12.5. The number of ketones is 1. The second kappa shape index (κ2) is 4.50. The molecule has 0 saturated heterocycles. The predicted octanol–water partition coefficient (Wildman–Crippen LogP) is 2.84. The van der Waals surface area contributed by atoms with Crippen molar-refractivity contribution in [2.75, 3.05) is 7.11 Å². The minimum Gasteiger partial charge on any atom is -0.373 e. The second-order valence-electron chi connectivity index (χ2n) is 4.76. The fourth-order valence-corrected chi connectivity index (χ4v) is 2.40. The lowest BCUT2D eigenvalue weighted by Crippen LogP contribution is -2.25. The minimum absolute atomic E-state index is 0.0943. The fraction of sp³-hybridized carbons (Fsp3) is 0.333. The molecule has 1 heterocycles. The maximum Gasteiger partial charge on any atom is 0.192 e. The Bertz CT molecular complexity index is 585. The zero-order valence-corrected chi connectivity index (χ0v) is 10.3. The van der Waals surface area contributed by atoms with Gasteiger partial charge in [-0.2, -0.15) is 0 Å². The van der Waals surface area contributed by atoms with Gasteiger partial charge < -0.3 is 4.74 Å². The molecule has 0 radical (unpaired) electrons. The number of nitrogens with zero attached hydrogens (tertiary/aromatic N) is 1. The van der Waals surface area contributed by atoms with Crippen LogP contribution in [0.15, 0.2) is 36.7 Å². The van der Waals surface area contributed by atoms with Gasteiger partial charge in [0.2, 0.25) is 0 Å². The molecule has 1 aliphatic rings. The van der Waals surface area contributed by atoms with Gasteiger partial charge in [-0.3, -0.25) is 9.78 Å². The van der Waals surface area contributed by atoms with Crippen LogP contribution in [0.3, 0.4) is 0 Å².